The molecule has 1 aromatic heterocycles. The van der Waals surface area contributed by atoms with Gasteiger partial charge in [-0.1, -0.05) is 66.7 Å². The zero-order chi connectivity index (χ0) is 16.8. The van der Waals surface area contributed by atoms with Gasteiger partial charge in [-0.2, -0.15) is 0 Å². The number of aryl methyl sites for hydroxylation is 1. The molecule has 0 fully saturated rings. The lowest BCUT2D eigenvalue weighted by Gasteiger charge is -2.12. The van der Waals surface area contributed by atoms with E-state index in [1.807, 2.05) is 11.3 Å². The average Bonchev–Trinajstić information content (AvgIpc) is 3.06. The molecule has 1 heterocycles. The van der Waals surface area contributed by atoms with Crippen molar-refractivity contribution in [2.24, 2.45) is 0 Å². The Morgan fingerprint density at radius 3 is 2.24 bits per heavy atom. The number of allylic oxidation sites excluding steroid dienone is 1. The molecule has 0 bridgehead atoms. The molecule has 0 aliphatic heterocycles. The van der Waals surface area contributed by atoms with Crippen LogP contribution >= 0.6 is 11.3 Å². The van der Waals surface area contributed by atoms with Crippen LogP contribution in [0.1, 0.15) is 15.3 Å². The summed E-state index contributed by atoms with van der Waals surface area (Å²) in [6.45, 7) is 2.17. The summed E-state index contributed by atoms with van der Waals surface area (Å²) in [6.07, 6.45) is 5.57. The standard InChI is InChI=1S/C24H18S/c1-16-8-14-21(25-16)7-3-4-17-9-10-20-12-11-18-5-2-6-19-13-15-22(17)24(20)23(18)19/h2-6,8-15H,7H2,1H3/b4-3+. The molecule has 0 unspecified atom stereocenters. The molecule has 0 nitrogen and oxygen atoms in total. The van der Waals surface area contributed by atoms with Gasteiger partial charge in [0, 0.05) is 16.2 Å². The van der Waals surface area contributed by atoms with Crippen molar-refractivity contribution in [1.82, 2.24) is 0 Å². The van der Waals surface area contributed by atoms with Crippen LogP contribution in [0.25, 0.3) is 38.4 Å². The molecule has 5 rings (SSSR count). The van der Waals surface area contributed by atoms with Gasteiger partial charge in [-0.3, -0.25) is 0 Å². The van der Waals surface area contributed by atoms with E-state index in [4.69, 9.17) is 0 Å². The Hall–Kier alpha value is -2.64. The molecule has 0 saturated carbocycles. The summed E-state index contributed by atoms with van der Waals surface area (Å²) < 4.78 is 0. The first-order valence-electron chi connectivity index (χ1n) is 8.68. The van der Waals surface area contributed by atoms with E-state index in [9.17, 15) is 0 Å². The highest BCUT2D eigenvalue weighted by molar-refractivity contribution is 7.11. The van der Waals surface area contributed by atoms with Gasteiger partial charge in [0.15, 0.2) is 0 Å². The van der Waals surface area contributed by atoms with Gasteiger partial charge in [0.1, 0.15) is 0 Å². The van der Waals surface area contributed by atoms with Crippen LogP contribution in [0.3, 0.4) is 0 Å². The van der Waals surface area contributed by atoms with Crippen LogP contribution in [-0.4, -0.2) is 0 Å². The van der Waals surface area contributed by atoms with E-state index in [-0.39, 0.29) is 0 Å². The molecule has 25 heavy (non-hydrogen) atoms. The molecule has 120 valence electrons. The molecule has 0 aliphatic carbocycles. The first-order chi connectivity index (χ1) is 12.3. The second kappa shape index (κ2) is 5.72. The molecule has 0 amide bonds. The van der Waals surface area contributed by atoms with Gasteiger partial charge in [-0.05, 0) is 56.9 Å². The fraction of sp³-hybridized carbons (Fsp3) is 0.0833. The maximum atomic E-state index is 2.29. The Balaban J connectivity index is 1.65. The van der Waals surface area contributed by atoms with E-state index in [0.29, 0.717) is 0 Å². The van der Waals surface area contributed by atoms with Gasteiger partial charge in [0.2, 0.25) is 0 Å². The normalized spacial score (nSPS) is 12.2. The first kappa shape index (κ1) is 14.7. The van der Waals surface area contributed by atoms with Crippen molar-refractivity contribution in [3.63, 3.8) is 0 Å². The number of thiophene rings is 1. The minimum atomic E-state index is 1.00. The smallest absolute Gasteiger partial charge is 0.00858 e. The minimum absolute atomic E-state index is 1.00. The minimum Gasteiger partial charge on any atom is -0.145 e. The van der Waals surface area contributed by atoms with E-state index in [1.54, 1.807) is 0 Å². The van der Waals surface area contributed by atoms with Gasteiger partial charge in [-0.15, -0.1) is 11.3 Å². The summed E-state index contributed by atoms with van der Waals surface area (Å²) in [5.41, 5.74) is 1.30. The van der Waals surface area contributed by atoms with Gasteiger partial charge in [-0.25, -0.2) is 0 Å². The third kappa shape index (κ3) is 2.43. The van der Waals surface area contributed by atoms with Crippen LogP contribution in [0.15, 0.2) is 72.8 Å². The van der Waals surface area contributed by atoms with E-state index in [1.165, 1.54) is 47.6 Å². The monoisotopic (exact) mass is 338 g/mol. The highest BCUT2D eigenvalue weighted by Gasteiger charge is 2.09. The summed E-state index contributed by atoms with van der Waals surface area (Å²) >= 11 is 1.88. The van der Waals surface area contributed by atoms with Crippen LogP contribution in [0.2, 0.25) is 0 Å². The molecule has 4 aromatic carbocycles. The van der Waals surface area contributed by atoms with Gasteiger partial charge < -0.3 is 0 Å². The molecule has 5 aromatic rings. The van der Waals surface area contributed by atoms with Crippen LogP contribution in [0, 0.1) is 6.92 Å². The van der Waals surface area contributed by atoms with E-state index in [2.05, 4.69) is 85.8 Å². The summed E-state index contributed by atoms with van der Waals surface area (Å²) in [5, 5.41) is 8.11. The van der Waals surface area contributed by atoms with Crippen LogP contribution in [0.4, 0.5) is 0 Å². The zero-order valence-electron chi connectivity index (χ0n) is 14.1. The highest BCUT2D eigenvalue weighted by Crippen LogP contribution is 2.36. The van der Waals surface area contributed by atoms with Gasteiger partial charge in [0.25, 0.3) is 0 Å². The molecule has 0 radical (unpaired) electrons. The molecular formula is C24H18S. The van der Waals surface area contributed by atoms with Crippen molar-refractivity contribution >= 4 is 49.7 Å². The summed E-state index contributed by atoms with van der Waals surface area (Å²) in [5.74, 6) is 0. The topological polar surface area (TPSA) is 0 Å². The molecule has 0 N–H and O–H groups in total. The van der Waals surface area contributed by atoms with Crippen molar-refractivity contribution in [3.05, 3.63) is 88.1 Å². The Morgan fingerprint density at radius 2 is 1.48 bits per heavy atom. The quantitative estimate of drug-likeness (QED) is 0.305. The summed E-state index contributed by atoms with van der Waals surface area (Å²) in [6, 6.07) is 24.5. The largest absolute Gasteiger partial charge is 0.145 e. The predicted octanol–water partition coefficient (Wildman–Crippen LogP) is 7.21. The molecule has 0 atom stereocenters. The first-order valence-corrected chi connectivity index (χ1v) is 9.50. The molecule has 0 saturated heterocycles. The molecule has 0 aliphatic rings. The Kier molecular flexibility index (Phi) is 3.36. The van der Waals surface area contributed by atoms with Crippen LogP contribution in [0.5, 0.6) is 0 Å². The molecule has 0 spiro atoms. The highest BCUT2D eigenvalue weighted by atomic mass is 32.1. The van der Waals surface area contributed by atoms with Crippen LogP contribution in [-0.2, 0) is 6.42 Å². The Morgan fingerprint density at radius 1 is 0.760 bits per heavy atom. The van der Waals surface area contributed by atoms with Gasteiger partial charge >= 0.3 is 0 Å². The van der Waals surface area contributed by atoms with Crippen molar-refractivity contribution < 1.29 is 0 Å². The maximum Gasteiger partial charge on any atom is 0.00858 e. The fourth-order valence-corrected chi connectivity index (χ4v) is 4.67. The maximum absolute atomic E-state index is 2.29. The van der Waals surface area contributed by atoms with E-state index < -0.39 is 0 Å². The third-order valence-electron chi connectivity index (χ3n) is 4.97. The predicted molar refractivity (Wildman–Crippen MR) is 112 cm³/mol. The Labute approximate surface area is 151 Å². The van der Waals surface area contributed by atoms with E-state index in [0.717, 1.165) is 6.42 Å². The number of hydrogen-bond donors (Lipinski definition) is 0. The SMILES string of the molecule is Cc1ccc(C/C=C/c2ccc3ccc4cccc5ccc2c3c45)s1. The lowest BCUT2D eigenvalue weighted by molar-refractivity contribution is 1.36. The lowest BCUT2D eigenvalue weighted by atomic mass is 9.92. The zero-order valence-corrected chi connectivity index (χ0v) is 14.9. The van der Waals surface area contributed by atoms with Crippen molar-refractivity contribution in [1.29, 1.82) is 0 Å². The molecule has 1 heteroatoms. The summed E-state index contributed by atoms with van der Waals surface area (Å²) in [7, 11) is 0. The van der Waals surface area contributed by atoms with Crippen LogP contribution < -0.4 is 0 Å². The number of hydrogen-bond acceptors (Lipinski definition) is 1. The summed E-state index contributed by atoms with van der Waals surface area (Å²) in [4.78, 5) is 2.80. The van der Waals surface area contributed by atoms with E-state index >= 15 is 0 Å². The Bertz CT molecular complexity index is 1210. The van der Waals surface area contributed by atoms with Crippen molar-refractivity contribution in [3.8, 4) is 0 Å². The second-order valence-electron chi connectivity index (χ2n) is 6.63. The number of rotatable bonds is 3. The fourth-order valence-electron chi connectivity index (χ4n) is 3.80. The third-order valence-corrected chi connectivity index (χ3v) is 6.00. The molecular weight excluding hydrogens is 320 g/mol. The van der Waals surface area contributed by atoms with Crippen molar-refractivity contribution in [2.45, 2.75) is 13.3 Å². The van der Waals surface area contributed by atoms with Crippen molar-refractivity contribution in [2.75, 3.05) is 0 Å². The lowest BCUT2D eigenvalue weighted by Crippen LogP contribution is -1.86. The number of benzene rings is 4. The second-order valence-corrected chi connectivity index (χ2v) is 8.00. The van der Waals surface area contributed by atoms with Gasteiger partial charge in [0.05, 0.1) is 0 Å². The average molecular weight is 338 g/mol.